The fourth-order valence-electron chi connectivity index (χ4n) is 1.86. The third-order valence-electron chi connectivity index (χ3n) is 2.99. The average Bonchev–Trinajstić information content (AvgIpc) is 2.61. The predicted octanol–water partition coefficient (Wildman–Crippen LogP) is 3.01. The third kappa shape index (κ3) is 3.08. The number of halogens is 1. The van der Waals surface area contributed by atoms with Gasteiger partial charge in [0.1, 0.15) is 17.5 Å². The highest BCUT2D eigenvalue weighted by molar-refractivity contribution is 6.30. The molecule has 0 aliphatic rings. The van der Waals surface area contributed by atoms with Crippen LogP contribution in [0.25, 0.3) is 0 Å². The van der Waals surface area contributed by atoms with Gasteiger partial charge in [0.15, 0.2) is 0 Å². The Kier molecular flexibility index (Phi) is 4.12. The monoisotopic (exact) mass is 280 g/mol. The molecule has 19 heavy (non-hydrogen) atoms. The van der Waals surface area contributed by atoms with Crippen molar-refractivity contribution in [3.63, 3.8) is 0 Å². The van der Waals surface area contributed by atoms with Gasteiger partial charge in [-0.05, 0) is 31.5 Å². The summed E-state index contributed by atoms with van der Waals surface area (Å²) in [5.74, 6) is 0.706. The molecule has 5 heteroatoms. The Morgan fingerprint density at radius 1 is 1.47 bits per heavy atom. The Balaban J connectivity index is 2.12. The lowest BCUT2D eigenvalue weighted by Crippen LogP contribution is -1.98. The Morgan fingerprint density at radius 2 is 2.21 bits per heavy atom. The number of hydrogen-bond acceptors (Lipinski definition) is 3. The largest absolute Gasteiger partial charge is 0.489 e. The molecule has 1 atom stereocenters. The van der Waals surface area contributed by atoms with E-state index in [9.17, 15) is 5.11 Å². The fourth-order valence-corrected chi connectivity index (χ4v) is 2.09. The lowest BCUT2D eigenvalue weighted by Gasteiger charge is -2.09. The highest BCUT2D eigenvalue weighted by atomic mass is 35.5. The maximum atomic E-state index is 9.53. The first-order chi connectivity index (χ1) is 8.99. The lowest BCUT2D eigenvalue weighted by atomic mass is 10.1. The molecule has 0 radical (unpaired) electrons. The van der Waals surface area contributed by atoms with Crippen LogP contribution in [-0.4, -0.2) is 14.9 Å². The van der Waals surface area contributed by atoms with Crippen LogP contribution in [0.4, 0.5) is 0 Å². The van der Waals surface area contributed by atoms with E-state index >= 15 is 0 Å². The van der Waals surface area contributed by atoms with Crippen LogP contribution in [0, 0.1) is 6.92 Å². The van der Waals surface area contributed by atoms with E-state index in [0.29, 0.717) is 17.5 Å². The quantitative estimate of drug-likeness (QED) is 0.936. The number of aliphatic hydroxyl groups is 1. The molecule has 0 bridgehead atoms. The van der Waals surface area contributed by atoms with E-state index in [-0.39, 0.29) is 0 Å². The zero-order valence-corrected chi connectivity index (χ0v) is 12.0. The van der Waals surface area contributed by atoms with Crippen LogP contribution in [0.3, 0.4) is 0 Å². The summed E-state index contributed by atoms with van der Waals surface area (Å²) < 4.78 is 7.34. The maximum Gasteiger partial charge on any atom is 0.133 e. The van der Waals surface area contributed by atoms with Crippen LogP contribution in [0.5, 0.6) is 5.75 Å². The van der Waals surface area contributed by atoms with Gasteiger partial charge < -0.3 is 9.84 Å². The van der Waals surface area contributed by atoms with Crippen molar-refractivity contribution in [3.05, 3.63) is 46.2 Å². The van der Waals surface area contributed by atoms with Crippen molar-refractivity contribution in [1.29, 1.82) is 0 Å². The molecule has 2 rings (SSSR count). The smallest absolute Gasteiger partial charge is 0.133 e. The highest BCUT2D eigenvalue weighted by Gasteiger charge is 2.12. The summed E-state index contributed by atoms with van der Waals surface area (Å²) in [6, 6.07) is 7.39. The summed E-state index contributed by atoms with van der Waals surface area (Å²) in [7, 11) is 1.80. The van der Waals surface area contributed by atoms with Gasteiger partial charge in [0.05, 0.1) is 11.8 Å². The van der Waals surface area contributed by atoms with Crippen molar-refractivity contribution in [3.8, 4) is 5.75 Å². The lowest BCUT2D eigenvalue weighted by molar-refractivity contribution is 0.198. The predicted molar refractivity (Wildman–Crippen MR) is 74.4 cm³/mol. The molecule has 0 unspecified atom stereocenters. The van der Waals surface area contributed by atoms with E-state index in [1.54, 1.807) is 18.7 Å². The number of aromatic nitrogens is 2. The van der Waals surface area contributed by atoms with Crippen LogP contribution in [0.1, 0.15) is 29.8 Å². The maximum absolute atomic E-state index is 9.53. The second kappa shape index (κ2) is 5.63. The van der Waals surface area contributed by atoms with Crippen LogP contribution in [-0.2, 0) is 13.7 Å². The van der Waals surface area contributed by atoms with Gasteiger partial charge in [0, 0.05) is 12.6 Å². The number of benzene rings is 1. The summed E-state index contributed by atoms with van der Waals surface area (Å²) in [5.41, 5.74) is 2.57. The first-order valence-corrected chi connectivity index (χ1v) is 6.45. The topological polar surface area (TPSA) is 47.3 Å². The summed E-state index contributed by atoms with van der Waals surface area (Å²) in [6.45, 7) is 3.99. The summed E-state index contributed by atoms with van der Waals surface area (Å²) in [6.07, 6.45) is -0.507. The van der Waals surface area contributed by atoms with Crippen molar-refractivity contribution in [1.82, 2.24) is 9.78 Å². The molecule has 1 aromatic carbocycles. The van der Waals surface area contributed by atoms with Crippen LogP contribution in [0.15, 0.2) is 24.3 Å². The van der Waals surface area contributed by atoms with Crippen molar-refractivity contribution in [2.75, 3.05) is 0 Å². The molecule has 1 N–H and O–H groups in total. The van der Waals surface area contributed by atoms with Gasteiger partial charge in [-0.3, -0.25) is 4.68 Å². The molecule has 0 spiro atoms. The highest BCUT2D eigenvalue weighted by Crippen LogP contribution is 2.23. The zero-order valence-electron chi connectivity index (χ0n) is 11.2. The molecular weight excluding hydrogens is 264 g/mol. The normalized spacial score (nSPS) is 12.5. The molecule has 0 aliphatic heterocycles. The Morgan fingerprint density at radius 3 is 2.79 bits per heavy atom. The fraction of sp³-hybridized carbons (Fsp3) is 0.357. The molecule has 0 aliphatic carbocycles. The van der Waals surface area contributed by atoms with Gasteiger partial charge >= 0.3 is 0 Å². The number of aryl methyl sites for hydroxylation is 2. The van der Waals surface area contributed by atoms with Crippen LogP contribution < -0.4 is 4.74 Å². The molecule has 2 aromatic rings. The van der Waals surface area contributed by atoms with Gasteiger partial charge in [-0.15, -0.1) is 0 Å². The zero-order chi connectivity index (χ0) is 14.0. The molecule has 102 valence electrons. The van der Waals surface area contributed by atoms with E-state index in [1.807, 2.05) is 31.2 Å². The number of nitrogens with zero attached hydrogens (tertiary/aromatic N) is 2. The van der Waals surface area contributed by atoms with Gasteiger partial charge in [-0.25, -0.2) is 0 Å². The van der Waals surface area contributed by atoms with Crippen molar-refractivity contribution in [2.45, 2.75) is 26.6 Å². The minimum absolute atomic E-state index is 0.363. The number of hydrogen-bond donors (Lipinski definition) is 1. The second-order valence-electron chi connectivity index (χ2n) is 4.52. The van der Waals surface area contributed by atoms with Crippen molar-refractivity contribution in [2.24, 2.45) is 7.05 Å². The summed E-state index contributed by atoms with van der Waals surface area (Å²) in [4.78, 5) is 0. The SMILES string of the molecule is Cc1nn(C)c(Cl)c1COc1cccc([C@@H](C)O)c1. The van der Waals surface area contributed by atoms with Gasteiger partial charge in [0.25, 0.3) is 0 Å². The first kappa shape index (κ1) is 13.9. The molecule has 1 aromatic heterocycles. The van der Waals surface area contributed by atoms with E-state index in [4.69, 9.17) is 16.3 Å². The van der Waals surface area contributed by atoms with Crippen LogP contribution in [0.2, 0.25) is 5.15 Å². The summed E-state index contributed by atoms with van der Waals surface area (Å²) >= 11 is 6.14. The molecular formula is C14H17ClN2O2. The molecule has 1 heterocycles. The summed E-state index contributed by atoms with van der Waals surface area (Å²) in [5, 5.41) is 14.4. The Bertz CT molecular complexity index is 579. The van der Waals surface area contributed by atoms with Gasteiger partial charge in [-0.2, -0.15) is 5.10 Å². The van der Waals surface area contributed by atoms with E-state index in [1.165, 1.54) is 0 Å². The first-order valence-electron chi connectivity index (χ1n) is 6.08. The van der Waals surface area contributed by atoms with Crippen molar-refractivity contribution >= 4 is 11.6 Å². The minimum atomic E-state index is -0.507. The van der Waals surface area contributed by atoms with E-state index < -0.39 is 6.10 Å². The number of rotatable bonds is 4. The Hall–Kier alpha value is -1.52. The second-order valence-corrected chi connectivity index (χ2v) is 4.87. The van der Waals surface area contributed by atoms with Crippen molar-refractivity contribution < 1.29 is 9.84 Å². The molecule has 4 nitrogen and oxygen atoms in total. The standard InChI is InChI=1S/C14H17ClN2O2/c1-9-13(14(15)17(3)16-9)8-19-12-6-4-5-11(7-12)10(2)18/h4-7,10,18H,8H2,1-3H3/t10-/m1/s1. The molecule has 0 saturated carbocycles. The number of aliphatic hydroxyl groups excluding tert-OH is 1. The van der Waals surface area contributed by atoms with E-state index in [2.05, 4.69) is 5.10 Å². The van der Waals surface area contributed by atoms with E-state index in [0.717, 1.165) is 16.8 Å². The van der Waals surface area contributed by atoms with Gasteiger partial charge in [-0.1, -0.05) is 23.7 Å². The number of ether oxygens (including phenoxy) is 1. The molecule has 0 saturated heterocycles. The Labute approximate surface area is 117 Å². The minimum Gasteiger partial charge on any atom is -0.489 e. The third-order valence-corrected chi connectivity index (χ3v) is 3.47. The average molecular weight is 281 g/mol. The van der Waals surface area contributed by atoms with Gasteiger partial charge in [0.2, 0.25) is 0 Å². The van der Waals surface area contributed by atoms with Crippen LogP contribution >= 0.6 is 11.6 Å². The molecule has 0 fully saturated rings. The molecule has 0 amide bonds.